The third-order valence-corrected chi connectivity index (χ3v) is 4.62. The maximum Gasteiger partial charge on any atom is 0.191 e. The van der Waals surface area contributed by atoms with Crippen LogP contribution in [0.1, 0.15) is 46.5 Å². The second-order valence-electron chi connectivity index (χ2n) is 6.09. The van der Waals surface area contributed by atoms with Gasteiger partial charge in [-0.15, -0.1) is 0 Å². The quantitative estimate of drug-likeness (QED) is 0.635. The van der Waals surface area contributed by atoms with Crippen LogP contribution < -0.4 is 10.6 Å². The second kappa shape index (κ2) is 6.66. The summed E-state index contributed by atoms with van der Waals surface area (Å²) in [4.78, 5) is 9.07. The van der Waals surface area contributed by atoms with Gasteiger partial charge in [0.25, 0.3) is 0 Å². The van der Waals surface area contributed by atoms with Crippen LogP contribution in [-0.4, -0.2) is 28.8 Å². The van der Waals surface area contributed by atoms with E-state index in [1.54, 1.807) is 11.8 Å². The van der Waals surface area contributed by atoms with Crippen molar-refractivity contribution in [2.24, 2.45) is 5.41 Å². The molecule has 1 aromatic rings. The van der Waals surface area contributed by atoms with E-state index >= 15 is 0 Å². The number of nitrogens with one attached hydrogen (secondary N) is 2. The molecule has 112 valence electrons. The molecule has 1 unspecified atom stereocenters. The van der Waals surface area contributed by atoms with Gasteiger partial charge < -0.3 is 10.6 Å². The lowest BCUT2D eigenvalue weighted by molar-refractivity contribution is 0.216. The molecule has 0 radical (unpaired) electrons. The summed E-state index contributed by atoms with van der Waals surface area (Å²) in [5.74, 6) is 1.85. The van der Waals surface area contributed by atoms with E-state index in [9.17, 15) is 0 Å². The summed E-state index contributed by atoms with van der Waals surface area (Å²) in [6, 6.07) is 2.52. The van der Waals surface area contributed by atoms with Crippen LogP contribution in [0.4, 0.5) is 11.6 Å². The molecular weight excluding hydrogens is 268 g/mol. The van der Waals surface area contributed by atoms with Crippen molar-refractivity contribution in [2.45, 2.75) is 57.7 Å². The standard InChI is InChI=1S/C15H26N4S/c1-5-16-12-10-13(19-14(18-12)20-4)17-11-8-6-7-9-15(11,2)3/h10-11H,5-9H2,1-4H3,(H2,16,17,18,19). The molecule has 4 nitrogen and oxygen atoms in total. The number of aromatic nitrogens is 2. The van der Waals surface area contributed by atoms with Crippen LogP contribution >= 0.6 is 11.8 Å². The molecule has 0 spiro atoms. The summed E-state index contributed by atoms with van der Waals surface area (Å²) in [7, 11) is 0. The smallest absolute Gasteiger partial charge is 0.191 e. The molecule has 1 aliphatic carbocycles. The van der Waals surface area contributed by atoms with Crippen LogP contribution in [0.25, 0.3) is 0 Å². The van der Waals surface area contributed by atoms with Crippen LogP contribution in [-0.2, 0) is 0 Å². The third kappa shape index (κ3) is 3.78. The molecule has 0 amide bonds. The van der Waals surface area contributed by atoms with Crippen molar-refractivity contribution in [1.82, 2.24) is 9.97 Å². The summed E-state index contributed by atoms with van der Waals surface area (Å²) in [5, 5.41) is 7.74. The first kappa shape index (κ1) is 15.4. The van der Waals surface area contributed by atoms with Gasteiger partial charge >= 0.3 is 0 Å². The SMILES string of the molecule is CCNc1cc(NC2CCCCC2(C)C)nc(SC)n1. The number of thioether (sulfide) groups is 1. The first-order chi connectivity index (χ1) is 9.55. The molecule has 1 atom stereocenters. The Hall–Kier alpha value is -0.970. The van der Waals surface area contributed by atoms with E-state index in [4.69, 9.17) is 0 Å². The highest BCUT2D eigenvalue weighted by molar-refractivity contribution is 7.98. The van der Waals surface area contributed by atoms with E-state index < -0.39 is 0 Å². The fraction of sp³-hybridized carbons (Fsp3) is 0.733. The van der Waals surface area contributed by atoms with Gasteiger partial charge in [0.15, 0.2) is 5.16 Å². The topological polar surface area (TPSA) is 49.8 Å². The minimum Gasteiger partial charge on any atom is -0.370 e. The Morgan fingerprint density at radius 3 is 2.70 bits per heavy atom. The minimum absolute atomic E-state index is 0.334. The van der Waals surface area contributed by atoms with Crippen LogP contribution in [0.3, 0.4) is 0 Å². The number of hydrogen-bond acceptors (Lipinski definition) is 5. The number of nitrogens with zero attached hydrogens (tertiary/aromatic N) is 2. The first-order valence-corrected chi connectivity index (χ1v) is 8.71. The van der Waals surface area contributed by atoms with Gasteiger partial charge in [-0.1, -0.05) is 38.5 Å². The van der Waals surface area contributed by atoms with Crippen molar-refractivity contribution in [3.63, 3.8) is 0 Å². The number of anilines is 2. The summed E-state index contributed by atoms with van der Waals surface area (Å²) < 4.78 is 0. The van der Waals surface area contributed by atoms with Gasteiger partial charge in [0, 0.05) is 18.7 Å². The number of hydrogen-bond donors (Lipinski definition) is 2. The van der Waals surface area contributed by atoms with Gasteiger partial charge in [-0.2, -0.15) is 0 Å². The average molecular weight is 294 g/mol. The zero-order valence-corrected chi connectivity index (χ0v) is 13.8. The van der Waals surface area contributed by atoms with Crippen LogP contribution in [0, 0.1) is 5.41 Å². The molecule has 1 fully saturated rings. The lowest BCUT2D eigenvalue weighted by Crippen LogP contribution is -2.39. The lowest BCUT2D eigenvalue weighted by atomic mass is 9.73. The molecule has 0 bridgehead atoms. The molecule has 1 saturated carbocycles. The first-order valence-electron chi connectivity index (χ1n) is 7.48. The molecule has 2 N–H and O–H groups in total. The molecule has 1 aromatic heterocycles. The predicted octanol–water partition coefficient (Wildman–Crippen LogP) is 4.01. The monoisotopic (exact) mass is 294 g/mol. The average Bonchev–Trinajstić information content (AvgIpc) is 2.41. The van der Waals surface area contributed by atoms with E-state index in [1.165, 1.54) is 25.7 Å². The van der Waals surface area contributed by atoms with Crippen LogP contribution in [0.5, 0.6) is 0 Å². The van der Waals surface area contributed by atoms with E-state index in [0.717, 1.165) is 23.3 Å². The van der Waals surface area contributed by atoms with Crippen LogP contribution in [0.15, 0.2) is 11.2 Å². The van der Waals surface area contributed by atoms with Gasteiger partial charge in [0.2, 0.25) is 0 Å². The summed E-state index contributed by atoms with van der Waals surface area (Å²) >= 11 is 1.58. The van der Waals surface area contributed by atoms with E-state index in [-0.39, 0.29) is 0 Å². The Bertz CT molecular complexity index is 447. The van der Waals surface area contributed by atoms with E-state index in [1.807, 2.05) is 12.3 Å². The molecule has 0 saturated heterocycles. The summed E-state index contributed by atoms with van der Waals surface area (Å²) in [5.41, 5.74) is 0.334. The van der Waals surface area contributed by atoms with Crippen LogP contribution in [0.2, 0.25) is 0 Å². The Morgan fingerprint density at radius 2 is 2.05 bits per heavy atom. The molecular formula is C15H26N4S. The largest absolute Gasteiger partial charge is 0.370 e. The van der Waals surface area contributed by atoms with Crippen molar-refractivity contribution in [1.29, 1.82) is 0 Å². The Morgan fingerprint density at radius 1 is 1.30 bits per heavy atom. The molecule has 0 aromatic carbocycles. The Balaban J connectivity index is 2.17. The lowest BCUT2D eigenvalue weighted by Gasteiger charge is -2.39. The maximum atomic E-state index is 4.59. The minimum atomic E-state index is 0.334. The second-order valence-corrected chi connectivity index (χ2v) is 6.86. The zero-order chi connectivity index (χ0) is 14.6. The van der Waals surface area contributed by atoms with Gasteiger partial charge in [0.05, 0.1) is 0 Å². The van der Waals surface area contributed by atoms with Crippen molar-refractivity contribution in [3.8, 4) is 0 Å². The zero-order valence-electron chi connectivity index (χ0n) is 13.0. The third-order valence-electron chi connectivity index (χ3n) is 4.08. The molecule has 2 rings (SSSR count). The fourth-order valence-electron chi connectivity index (χ4n) is 2.80. The van der Waals surface area contributed by atoms with Crippen molar-refractivity contribution >= 4 is 23.4 Å². The Kier molecular flexibility index (Phi) is 5.13. The van der Waals surface area contributed by atoms with E-state index in [0.29, 0.717) is 11.5 Å². The van der Waals surface area contributed by atoms with Crippen molar-refractivity contribution in [2.75, 3.05) is 23.4 Å². The molecule has 0 aliphatic heterocycles. The van der Waals surface area contributed by atoms with Crippen molar-refractivity contribution < 1.29 is 0 Å². The molecule has 20 heavy (non-hydrogen) atoms. The Labute approximate surface area is 126 Å². The van der Waals surface area contributed by atoms with Crippen molar-refractivity contribution in [3.05, 3.63) is 6.07 Å². The highest BCUT2D eigenvalue weighted by Crippen LogP contribution is 2.37. The normalized spacial score (nSPS) is 21.5. The van der Waals surface area contributed by atoms with Gasteiger partial charge in [-0.3, -0.25) is 0 Å². The summed E-state index contributed by atoms with van der Waals surface area (Å²) in [6.07, 6.45) is 7.17. The maximum absolute atomic E-state index is 4.59. The van der Waals surface area contributed by atoms with Gasteiger partial charge in [0.1, 0.15) is 11.6 Å². The summed E-state index contributed by atoms with van der Waals surface area (Å²) in [6.45, 7) is 7.66. The van der Waals surface area contributed by atoms with E-state index in [2.05, 4.69) is 41.4 Å². The predicted molar refractivity (Wildman–Crippen MR) is 87.6 cm³/mol. The molecule has 1 aliphatic rings. The molecule has 1 heterocycles. The van der Waals surface area contributed by atoms with Gasteiger partial charge in [-0.05, 0) is 31.4 Å². The fourth-order valence-corrected chi connectivity index (χ4v) is 3.18. The highest BCUT2D eigenvalue weighted by Gasteiger charge is 2.32. The van der Waals surface area contributed by atoms with Gasteiger partial charge in [-0.25, -0.2) is 9.97 Å². The highest BCUT2D eigenvalue weighted by atomic mass is 32.2. The number of rotatable bonds is 5. The molecule has 5 heteroatoms.